The number of benzene rings is 1. The van der Waals surface area contributed by atoms with Crippen molar-refractivity contribution in [3.63, 3.8) is 0 Å². The van der Waals surface area contributed by atoms with Crippen LogP contribution in [-0.2, 0) is 10.0 Å². The van der Waals surface area contributed by atoms with Crippen LogP contribution in [-0.4, -0.2) is 63.4 Å². The topological polar surface area (TPSA) is 52.7 Å². The third-order valence-electron chi connectivity index (χ3n) is 4.84. The van der Waals surface area contributed by atoms with Gasteiger partial charge in [-0.1, -0.05) is 29.3 Å². The van der Waals surface area contributed by atoms with Crippen LogP contribution in [0.3, 0.4) is 0 Å². The lowest BCUT2D eigenvalue weighted by Gasteiger charge is -2.36. The number of nitrogens with one attached hydrogen (secondary N) is 1. The summed E-state index contributed by atoms with van der Waals surface area (Å²) in [7, 11) is -3.59. The molecule has 0 unspecified atom stereocenters. The summed E-state index contributed by atoms with van der Waals surface area (Å²) in [6.45, 7) is 5.76. The van der Waals surface area contributed by atoms with E-state index in [4.69, 9.17) is 23.2 Å². The summed E-state index contributed by atoms with van der Waals surface area (Å²) in [5, 5.41) is 3.75. The van der Waals surface area contributed by atoms with Crippen molar-refractivity contribution in [3.8, 4) is 0 Å². The SMILES string of the molecule is Cl.O=S(=O)(c1cccc(Cl)c1Cl)N1CCN(CC2CCNCC2)CC1. The Morgan fingerprint density at radius 2 is 1.72 bits per heavy atom. The van der Waals surface area contributed by atoms with Crippen LogP contribution in [0.2, 0.25) is 10.0 Å². The first-order valence-electron chi connectivity index (χ1n) is 8.36. The van der Waals surface area contributed by atoms with Crippen LogP contribution in [0.4, 0.5) is 0 Å². The molecule has 0 aromatic heterocycles. The molecular formula is C16H24Cl3N3O2S. The second-order valence-electron chi connectivity index (χ2n) is 6.45. The predicted molar refractivity (Wildman–Crippen MR) is 105 cm³/mol. The molecule has 1 aromatic carbocycles. The van der Waals surface area contributed by atoms with E-state index in [1.807, 2.05) is 0 Å². The maximum absolute atomic E-state index is 12.8. The number of halogens is 3. The molecule has 3 rings (SSSR count). The Balaban J connectivity index is 0.00000225. The zero-order valence-corrected chi connectivity index (χ0v) is 17.1. The predicted octanol–water partition coefficient (Wildman–Crippen LogP) is 2.72. The van der Waals surface area contributed by atoms with Gasteiger partial charge in [0.15, 0.2) is 0 Å². The molecular weight excluding hydrogens is 405 g/mol. The molecule has 0 atom stereocenters. The minimum absolute atomic E-state index is 0. The lowest BCUT2D eigenvalue weighted by molar-refractivity contribution is 0.152. The highest BCUT2D eigenvalue weighted by Crippen LogP contribution is 2.31. The maximum Gasteiger partial charge on any atom is 0.244 e. The Hall–Kier alpha value is -0.0800. The van der Waals surface area contributed by atoms with Crippen LogP contribution in [0.25, 0.3) is 0 Å². The van der Waals surface area contributed by atoms with Crippen molar-refractivity contribution < 1.29 is 8.42 Å². The van der Waals surface area contributed by atoms with Gasteiger partial charge in [0, 0.05) is 32.7 Å². The number of hydrogen-bond donors (Lipinski definition) is 1. The number of sulfonamides is 1. The van der Waals surface area contributed by atoms with E-state index in [1.165, 1.54) is 23.2 Å². The Kier molecular flexibility index (Phi) is 7.83. The second-order valence-corrected chi connectivity index (χ2v) is 9.14. The standard InChI is InChI=1S/C16H23Cl2N3O2S.ClH/c17-14-2-1-3-15(16(14)18)24(22,23)21-10-8-20(9-11-21)12-13-4-6-19-7-5-13;/h1-3,13,19H,4-12H2;1H. The van der Waals surface area contributed by atoms with Crippen molar-refractivity contribution in [2.45, 2.75) is 17.7 Å². The fourth-order valence-electron chi connectivity index (χ4n) is 3.40. The minimum Gasteiger partial charge on any atom is -0.317 e. The van der Waals surface area contributed by atoms with Gasteiger partial charge in [0.1, 0.15) is 4.90 Å². The average Bonchev–Trinajstić information content (AvgIpc) is 2.58. The summed E-state index contributed by atoms with van der Waals surface area (Å²) in [5.74, 6) is 0.719. The van der Waals surface area contributed by atoms with Crippen LogP contribution in [0.15, 0.2) is 23.1 Å². The first kappa shape index (κ1) is 21.2. The highest BCUT2D eigenvalue weighted by atomic mass is 35.5. The van der Waals surface area contributed by atoms with Crippen LogP contribution >= 0.6 is 35.6 Å². The third-order valence-corrected chi connectivity index (χ3v) is 7.71. The molecule has 25 heavy (non-hydrogen) atoms. The van der Waals surface area contributed by atoms with E-state index < -0.39 is 10.0 Å². The Morgan fingerprint density at radius 1 is 1.08 bits per heavy atom. The van der Waals surface area contributed by atoms with Gasteiger partial charge in [0.2, 0.25) is 10.0 Å². The molecule has 1 aromatic rings. The lowest BCUT2D eigenvalue weighted by atomic mass is 9.97. The van der Waals surface area contributed by atoms with Crippen LogP contribution in [0.1, 0.15) is 12.8 Å². The van der Waals surface area contributed by atoms with Gasteiger partial charge in [-0.05, 0) is 44.0 Å². The highest BCUT2D eigenvalue weighted by molar-refractivity contribution is 7.89. The van der Waals surface area contributed by atoms with E-state index in [1.54, 1.807) is 12.1 Å². The fourth-order valence-corrected chi connectivity index (χ4v) is 5.56. The Bertz CT molecular complexity index is 673. The van der Waals surface area contributed by atoms with Crippen molar-refractivity contribution in [2.24, 2.45) is 5.92 Å². The van der Waals surface area contributed by atoms with Crippen molar-refractivity contribution in [1.29, 1.82) is 0 Å². The van der Waals surface area contributed by atoms with Crippen molar-refractivity contribution in [3.05, 3.63) is 28.2 Å². The number of nitrogens with zero attached hydrogens (tertiary/aromatic N) is 2. The molecule has 0 saturated carbocycles. The molecule has 0 spiro atoms. The first-order chi connectivity index (χ1) is 11.5. The van der Waals surface area contributed by atoms with Gasteiger partial charge in [0.25, 0.3) is 0 Å². The molecule has 2 saturated heterocycles. The van der Waals surface area contributed by atoms with Crippen molar-refractivity contribution >= 4 is 45.6 Å². The van der Waals surface area contributed by atoms with Crippen LogP contribution in [0.5, 0.6) is 0 Å². The van der Waals surface area contributed by atoms with Crippen LogP contribution in [0, 0.1) is 5.92 Å². The monoisotopic (exact) mass is 427 g/mol. The van der Waals surface area contributed by atoms with E-state index in [9.17, 15) is 8.42 Å². The van der Waals surface area contributed by atoms with Crippen molar-refractivity contribution in [1.82, 2.24) is 14.5 Å². The Labute approximate surface area is 166 Å². The largest absolute Gasteiger partial charge is 0.317 e. The van der Waals surface area contributed by atoms with E-state index in [-0.39, 0.29) is 27.3 Å². The number of piperazine rings is 1. The van der Waals surface area contributed by atoms with Gasteiger partial charge in [-0.25, -0.2) is 8.42 Å². The van der Waals surface area contributed by atoms with Gasteiger partial charge in [0.05, 0.1) is 10.0 Å². The quantitative estimate of drug-likeness (QED) is 0.801. The van der Waals surface area contributed by atoms with E-state index in [2.05, 4.69) is 10.2 Å². The third kappa shape index (κ3) is 5.01. The summed E-state index contributed by atoms with van der Waals surface area (Å²) < 4.78 is 27.1. The maximum atomic E-state index is 12.8. The summed E-state index contributed by atoms with van der Waals surface area (Å²) in [6, 6.07) is 4.74. The molecule has 0 amide bonds. The van der Waals surface area contributed by atoms with E-state index in [0.29, 0.717) is 13.1 Å². The molecule has 0 aliphatic carbocycles. The number of rotatable bonds is 4. The lowest BCUT2D eigenvalue weighted by Crippen LogP contribution is -2.50. The first-order valence-corrected chi connectivity index (χ1v) is 10.6. The van der Waals surface area contributed by atoms with Gasteiger partial charge in [-0.3, -0.25) is 0 Å². The molecule has 2 heterocycles. The van der Waals surface area contributed by atoms with Gasteiger partial charge in [-0.2, -0.15) is 4.31 Å². The second kappa shape index (κ2) is 9.22. The summed E-state index contributed by atoms with van der Waals surface area (Å²) in [5.41, 5.74) is 0. The molecule has 1 N–H and O–H groups in total. The number of hydrogen-bond acceptors (Lipinski definition) is 4. The highest BCUT2D eigenvalue weighted by Gasteiger charge is 2.31. The van der Waals surface area contributed by atoms with Gasteiger partial charge in [-0.15, -0.1) is 12.4 Å². The smallest absolute Gasteiger partial charge is 0.244 e. The minimum atomic E-state index is -3.59. The zero-order valence-electron chi connectivity index (χ0n) is 14.0. The van der Waals surface area contributed by atoms with E-state index >= 15 is 0 Å². The molecule has 0 radical (unpaired) electrons. The molecule has 2 aliphatic rings. The Morgan fingerprint density at radius 3 is 2.36 bits per heavy atom. The summed E-state index contributed by atoms with van der Waals surface area (Å²) >= 11 is 12.1. The van der Waals surface area contributed by atoms with Gasteiger partial charge >= 0.3 is 0 Å². The van der Waals surface area contributed by atoms with E-state index in [0.717, 1.165) is 38.6 Å². The van der Waals surface area contributed by atoms with Gasteiger partial charge < -0.3 is 10.2 Å². The molecule has 0 bridgehead atoms. The zero-order chi connectivity index (χ0) is 17.2. The average molecular weight is 429 g/mol. The fraction of sp³-hybridized carbons (Fsp3) is 0.625. The summed E-state index contributed by atoms with van der Waals surface area (Å²) in [6.07, 6.45) is 2.41. The number of piperidine rings is 1. The normalized spacial score (nSPS) is 21.0. The molecule has 142 valence electrons. The molecule has 2 aliphatic heterocycles. The van der Waals surface area contributed by atoms with Crippen molar-refractivity contribution in [2.75, 3.05) is 45.8 Å². The molecule has 9 heteroatoms. The summed E-state index contributed by atoms with van der Waals surface area (Å²) in [4.78, 5) is 2.48. The van der Waals surface area contributed by atoms with Crippen LogP contribution < -0.4 is 5.32 Å². The molecule has 2 fully saturated rings. The molecule has 5 nitrogen and oxygen atoms in total.